The molecule has 26 heavy (non-hydrogen) atoms. The third-order valence-electron chi connectivity index (χ3n) is 5.92. The number of hydrazine groups is 1. The van der Waals surface area contributed by atoms with Crippen molar-refractivity contribution < 1.29 is 4.79 Å². The molecule has 0 N–H and O–H groups in total. The maximum Gasteiger partial charge on any atom is 0.243 e. The van der Waals surface area contributed by atoms with Gasteiger partial charge in [0.25, 0.3) is 0 Å². The van der Waals surface area contributed by atoms with Crippen molar-refractivity contribution in [2.75, 3.05) is 0 Å². The standard InChI is InChI=1S/C22H21ClN2O/c1-22(2)13-19(26)24-18(11-14-7-4-3-5-8-14)16-12-15-9-6-10-17(23)20(15)21(16)25(22)24/h3-11,16,21H,12-13H2,1-2H3/b18-11+. The maximum absolute atomic E-state index is 12.9. The number of carbonyl (C=O) groups excluding carboxylic acids is 1. The number of carbonyl (C=O) groups is 1. The molecule has 2 heterocycles. The van der Waals surface area contributed by atoms with Gasteiger partial charge in [-0.2, -0.15) is 5.01 Å². The van der Waals surface area contributed by atoms with Gasteiger partial charge in [0.1, 0.15) is 0 Å². The lowest BCUT2D eigenvalue weighted by atomic mass is 9.92. The van der Waals surface area contributed by atoms with E-state index < -0.39 is 0 Å². The highest BCUT2D eigenvalue weighted by molar-refractivity contribution is 6.31. The Hall–Kier alpha value is -2.10. The molecule has 2 saturated heterocycles. The van der Waals surface area contributed by atoms with E-state index in [1.165, 1.54) is 11.1 Å². The number of hydrogen-bond donors (Lipinski definition) is 0. The fraction of sp³-hybridized carbons (Fsp3) is 0.318. The molecule has 2 aromatic carbocycles. The Bertz CT molecular complexity index is 934. The molecule has 5 rings (SSSR count). The summed E-state index contributed by atoms with van der Waals surface area (Å²) in [6, 6.07) is 16.6. The van der Waals surface area contributed by atoms with Crippen molar-refractivity contribution in [1.29, 1.82) is 0 Å². The molecule has 1 amide bonds. The summed E-state index contributed by atoms with van der Waals surface area (Å²) in [4.78, 5) is 12.9. The number of fused-ring (bicyclic) bond motifs is 5. The van der Waals surface area contributed by atoms with Crippen LogP contribution in [-0.4, -0.2) is 21.5 Å². The summed E-state index contributed by atoms with van der Waals surface area (Å²) in [5.41, 5.74) is 4.52. The second kappa shape index (κ2) is 5.45. The summed E-state index contributed by atoms with van der Waals surface area (Å²) in [5, 5.41) is 5.03. The second-order valence-electron chi connectivity index (χ2n) is 8.09. The van der Waals surface area contributed by atoms with Gasteiger partial charge in [0.2, 0.25) is 5.91 Å². The molecular weight excluding hydrogens is 344 g/mol. The molecule has 0 aromatic heterocycles. The van der Waals surface area contributed by atoms with Crippen molar-refractivity contribution in [2.45, 2.75) is 38.3 Å². The Kier molecular flexibility index (Phi) is 3.37. The van der Waals surface area contributed by atoms with Crippen molar-refractivity contribution in [1.82, 2.24) is 10.0 Å². The average Bonchev–Trinajstić information content (AvgIpc) is 3.18. The van der Waals surface area contributed by atoms with E-state index in [2.05, 4.69) is 43.1 Å². The van der Waals surface area contributed by atoms with Crippen LogP contribution >= 0.6 is 11.6 Å². The highest BCUT2D eigenvalue weighted by Crippen LogP contribution is 2.58. The van der Waals surface area contributed by atoms with Crippen LogP contribution in [0.15, 0.2) is 54.2 Å². The van der Waals surface area contributed by atoms with E-state index in [9.17, 15) is 4.79 Å². The van der Waals surface area contributed by atoms with Gasteiger partial charge in [0, 0.05) is 28.6 Å². The minimum atomic E-state index is -0.215. The van der Waals surface area contributed by atoms with E-state index in [4.69, 9.17) is 11.6 Å². The third kappa shape index (κ3) is 2.14. The first-order chi connectivity index (χ1) is 12.5. The van der Waals surface area contributed by atoms with Gasteiger partial charge in [0.15, 0.2) is 0 Å². The van der Waals surface area contributed by atoms with E-state index in [0.29, 0.717) is 6.42 Å². The number of halogens is 1. The Morgan fingerprint density at radius 3 is 2.65 bits per heavy atom. The number of nitrogens with zero attached hydrogens (tertiary/aromatic N) is 2. The van der Waals surface area contributed by atoms with Crippen LogP contribution in [0.3, 0.4) is 0 Å². The molecule has 0 bridgehead atoms. The molecule has 2 unspecified atom stereocenters. The molecule has 3 nitrogen and oxygen atoms in total. The quantitative estimate of drug-likeness (QED) is 0.723. The van der Waals surface area contributed by atoms with Crippen LogP contribution in [0, 0.1) is 5.92 Å². The first kappa shape index (κ1) is 16.1. The van der Waals surface area contributed by atoms with Crippen LogP contribution in [0.2, 0.25) is 5.02 Å². The first-order valence-corrected chi connectivity index (χ1v) is 9.51. The first-order valence-electron chi connectivity index (χ1n) is 9.13. The monoisotopic (exact) mass is 364 g/mol. The Morgan fingerprint density at radius 2 is 1.88 bits per heavy atom. The van der Waals surface area contributed by atoms with Gasteiger partial charge in [-0.25, -0.2) is 5.01 Å². The van der Waals surface area contributed by atoms with Crippen molar-refractivity contribution in [3.05, 3.63) is 75.9 Å². The molecule has 132 valence electrons. The van der Waals surface area contributed by atoms with Gasteiger partial charge in [-0.15, -0.1) is 0 Å². The van der Waals surface area contributed by atoms with Crippen LogP contribution in [-0.2, 0) is 11.2 Å². The predicted octanol–water partition coefficient (Wildman–Crippen LogP) is 4.84. The number of rotatable bonds is 1. The van der Waals surface area contributed by atoms with Gasteiger partial charge < -0.3 is 0 Å². The Morgan fingerprint density at radius 1 is 1.12 bits per heavy atom. The van der Waals surface area contributed by atoms with E-state index in [1.807, 2.05) is 35.3 Å². The molecular formula is C22H21ClN2O. The fourth-order valence-corrected chi connectivity index (χ4v) is 5.24. The highest BCUT2D eigenvalue weighted by Gasteiger charge is 2.59. The lowest BCUT2D eigenvalue weighted by molar-refractivity contribution is -0.134. The predicted molar refractivity (Wildman–Crippen MR) is 103 cm³/mol. The minimum Gasteiger partial charge on any atom is -0.273 e. The summed E-state index contributed by atoms with van der Waals surface area (Å²) in [6.07, 6.45) is 3.63. The van der Waals surface area contributed by atoms with E-state index in [0.717, 1.165) is 22.7 Å². The summed E-state index contributed by atoms with van der Waals surface area (Å²) >= 11 is 6.61. The van der Waals surface area contributed by atoms with Crippen LogP contribution in [0.1, 0.15) is 43.0 Å². The van der Waals surface area contributed by atoms with Crippen molar-refractivity contribution in [2.24, 2.45) is 5.92 Å². The molecule has 0 spiro atoms. The van der Waals surface area contributed by atoms with Gasteiger partial charge in [-0.1, -0.05) is 54.1 Å². The third-order valence-corrected chi connectivity index (χ3v) is 6.25. The van der Waals surface area contributed by atoms with Gasteiger partial charge in [-0.3, -0.25) is 4.79 Å². The zero-order chi connectivity index (χ0) is 18.1. The largest absolute Gasteiger partial charge is 0.273 e. The smallest absolute Gasteiger partial charge is 0.243 e. The maximum atomic E-state index is 12.9. The summed E-state index contributed by atoms with van der Waals surface area (Å²) in [6.45, 7) is 4.31. The lowest BCUT2D eigenvalue weighted by Crippen LogP contribution is -2.43. The van der Waals surface area contributed by atoms with E-state index in [-0.39, 0.29) is 23.4 Å². The van der Waals surface area contributed by atoms with Crippen LogP contribution < -0.4 is 0 Å². The Labute approximate surface area is 158 Å². The normalized spacial score (nSPS) is 27.7. The molecule has 1 aliphatic carbocycles. The summed E-state index contributed by atoms with van der Waals surface area (Å²) in [7, 11) is 0. The second-order valence-corrected chi connectivity index (χ2v) is 8.49. The van der Waals surface area contributed by atoms with Crippen molar-refractivity contribution in [3.8, 4) is 0 Å². The van der Waals surface area contributed by atoms with Gasteiger partial charge in [-0.05, 0) is 49.1 Å². The molecule has 3 aliphatic rings. The molecule has 4 heteroatoms. The molecule has 2 fully saturated rings. The summed E-state index contributed by atoms with van der Waals surface area (Å²) < 4.78 is 0. The van der Waals surface area contributed by atoms with Gasteiger partial charge in [0.05, 0.1) is 6.04 Å². The number of benzene rings is 2. The number of hydrogen-bond acceptors (Lipinski definition) is 2. The molecule has 0 saturated carbocycles. The minimum absolute atomic E-state index is 0.134. The lowest BCUT2D eigenvalue weighted by Gasteiger charge is -2.35. The van der Waals surface area contributed by atoms with E-state index in [1.54, 1.807) is 0 Å². The zero-order valence-corrected chi connectivity index (χ0v) is 15.7. The molecule has 2 aliphatic heterocycles. The van der Waals surface area contributed by atoms with Crippen LogP contribution in [0.5, 0.6) is 0 Å². The molecule has 2 atom stereocenters. The van der Waals surface area contributed by atoms with Crippen molar-refractivity contribution >= 4 is 23.6 Å². The molecule has 0 radical (unpaired) electrons. The average molecular weight is 365 g/mol. The highest BCUT2D eigenvalue weighted by atomic mass is 35.5. The zero-order valence-electron chi connectivity index (χ0n) is 14.9. The van der Waals surface area contributed by atoms with Gasteiger partial charge >= 0.3 is 0 Å². The van der Waals surface area contributed by atoms with Crippen molar-refractivity contribution in [3.63, 3.8) is 0 Å². The SMILES string of the molecule is CC1(C)CC(=O)N2/C(=C/c3ccccc3)C3Cc4cccc(Cl)c4C3N21. The van der Waals surface area contributed by atoms with E-state index >= 15 is 0 Å². The Balaban J connectivity index is 1.71. The van der Waals surface area contributed by atoms with Crippen LogP contribution in [0.4, 0.5) is 0 Å². The van der Waals surface area contributed by atoms with Crippen LogP contribution in [0.25, 0.3) is 6.08 Å². The topological polar surface area (TPSA) is 23.6 Å². The molecule has 2 aromatic rings. The number of amides is 1. The fourth-order valence-electron chi connectivity index (χ4n) is 4.93. The summed E-state index contributed by atoms with van der Waals surface area (Å²) in [5.74, 6) is 0.439.